The number of nitrogens with one attached hydrogen (secondary N) is 1. The third-order valence-corrected chi connectivity index (χ3v) is 5.02. The number of fused-ring (bicyclic) bond motifs is 1. The van der Waals surface area contributed by atoms with E-state index in [1.165, 1.54) is 11.7 Å². The molecule has 0 aliphatic rings. The summed E-state index contributed by atoms with van der Waals surface area (Å²) >= 11 is 6.02. The lowest BCUT2D eigenvalue weighted by molar-refractivity contribution is 0.0936. The van der Waals surface area contributed by atoms with Gasteiger partial charge in [0, 0.05) is 36.9 Å². The zero-order valence-corrected chi connectivity index (χ0v) is 16.6. The van der Waals surface area contributed by atoms with Crippen molar-refractivity contribution in [3.63, 3.8) is 0 Å². The van der Waals surface area contributed by atoms with Crippen LogP contribution in [0.4, 0.5) is 0 Å². The molecule has 0 radical (unpaired) electrons. The van der Waals surface area contributed by atoms with E-state index in [4.69, 9.17) is 11.6 Å². The monoisotopic (exact) mass is 407 g/mol. The molecule has 4 rings (SSSR count). The minimum atomic E-state index is -0.516. The normalized spacial score (nSPS) is 12.1. The number of aromatic nitrogens is 4. The van der Waals surface area contributed by atoms with Crippen LogP contribution < -0.4 is 10.9 Å². The van der Waals surface area contributed by atoms with Crippen molar-refractivity contribution in [1.29, 1.82) is 0 Å². The highest BCUT2D eigenvalue weighted by Gasteiger charge is 2.24. The topological polar surface area (TPSA) is 81.8 Å². The first-order valence-corrected chi connectivity index (χ1v) is 9.33. The van der Waals surface area contributed by atoms with Crippen molar-refractivity contribution in [2.75, 3.05) is 0 Å². The lowest BCUT2D eigenvalue weighted by Gasteiger charge is -2.19. The number of aryl methyl sites for hydroxylation is 2. The number of carbonyl (C=O) groups excluding carboxylic acids is 1. The van der Waals surface area contributed by atoms with Crippen LogP contribution in [0.15, 0.2) is 65.7 Å². The van der Waals surface area contributed by atoms with E-state index in [9.17, 15) is 9.59 Å². The summed E-state index contributed by atoms with van der Waals surface area (Å²) in [4.78, 5) is 30.0. The first kappa shape index (κ1) is 18.9. The fourth-order valence-corrected chi connectivity index (χ4v) is 3.40. The van der Waals surface area contributed by atoms with E-state index in [0.29, 0.717) is 21.6 Å². The summed E-state index contributed by atoms with van der Waals surface area (Å²) in [6, 6.07) is 13.6. The van der Waals surface area contributed by atoms with Crippen LogP contribution in [-0.4, -0.2) is 25.2 Å². The van der Waals surface area contributed by atoms with Gasteiger partial charge < -0.3 is 9.88 Å². The van der Waals surface area contributed by atoms with E-state index in [-0.39, 0.29) is 11.3 Å². The third-order valence-electron chi connectivity index (χ3n) is 4.77. The number of hydrogen-bond acceptors (Lipinski definition) is 4. The molecule has 0 aliphatic heterocycles. The maximum Gasteiger partial charge on any atom is 0.274 e. The smallest absolute Gasteiger partial charge is 0.274 e. The number of nitrogens with zero attached hydrogens (tertiary/aromatic N) is 4. The highest BCUT2D eigenvalue weighted by molar-refractivity contribution is 6.30. The molecule has 0 saturated heterocycles. The van der Waals surface area contributed by atoms with Gasteiger partial charge in [0.15, 0.2) is 5.69 Å². The Bertz CT molecular complexity index is 1260. The second kappa shape index (κ2) is 7.52. The Morgan fingerprint density at radius 2 is 1.76 bits per heavy atom. The molecule has 8 heteroatoms. The van der Waals surface area contributed by atoms with Crippen LogP contribution in [-0.2, 0) is 14.1 Å². The average molecular weight is 408 g/mol. The van der Waals surface area contributed by atoms with E-state index in [2.05, 4.69) is 15.4 Å². The first-order chi connectivity index (χ1) is 14.0. The number of halogens is 1. The molecule has 1 amide bonds. The number of carbonyl (C=O) groups is 1. The molecule has 0 aliphatic carbocycles. The fraction of sp³-hybridized carbons (Fsp3) is 0.143. The molecule has 1 atom stereocenters. The maximum atomic E-state index is 13.2. The summed E-state index contributed by atoms with van der Waals surface area (Å²) in [5.74, 6) is 0.259. The minimum absolute atomic E-state index is 0.177. The number of hydrogen-bond donors (Lipinski definition) is 1. The van der Waals surface area contributed by atoms with E-state index < -0.39 is 11.9 Å². The van der Waals surface area contributed by atoms with Crippen LogP contribution >= 0.6 is 11.6 Å². The predicted molar refractivity (Wildman–Crippen MR) is 111 cm³/mol. The molecule has 0 unspecified atom stereocenters. The van der Waals surface area contributed by atoms with E-state index in [1.807, 2.05) is 29.9 Å². The molecule has 4 aromatic rings. The van der Waals surface area contributed by atoms with Crippen molar-refractivity contribution in [3.05, 3.63) is 93.4 Å². The SMILES string of the molecule is Cn1ccnc1[C@H](NC(=O)c1nn(C)c(=O)c2ccccc12)c1ccc(Cl)cc1. The molecular formula is C21H18ClN5O2. The third kappa shape index (κ3) is 3.52. The molecule has 2 aromatic heterocycles. The van der Waals surface area contributed by atoms with Crippen molar-refractivity contribution in [2.24, 2.45) is 14.1 Å². The lowest BCUT2D eigenvalue weighted by Crippen LogP contribution is -2.33. The van der Waals surface area contributed by atoms with Crippen molar-refractivity contribution >= 4 is 28.3 Å². The van der Waals surface area contributed by atoms with Crippen LogP contribution in [0.3, 0.4) is 0 Å². The van der Waals surface area contributed by atoms with Crippen molar-refractivity contribution in [2.45, 2.75) is 6.04 Å². The summed E-state index contributed by atoms with van der Waals surface area (Å²) in [7, 11) is 3.39. The summed E-state index contributed by atoms with van der Waals surface area (Å²) in [5, 5.41) is 8.76. The van der Waals surface area contributed by atoms with Gasteiger partial charge in [-0.05, 0) is 23.8 Å². The molecule has 0 spiro atoms. The van der Waals surface area contributed by atoms with Gasteiger partial charge in [0.2, 0.25) is 0 Å². The Labute approximate surface area is 171 Å². The Morgan fingerprint density at radius 1 is 1.07 bits per heavy atom. The Hall–Kier alpha value is -3.45. The zero-order chi connectivity index (χ0) is 20.5. The number of amides is 1. The highest BCUT2D eigenvalue weighted by atomic mass is 35.5. The minimum Gasteiger partial charge on any atom is -0.337 e. The van der Waals surface area contributed by atoms with Crippen molar-refractivity contribution < 1.29 is 4.79 Å². The van der Waals surface area contributed by atoms with Crippen LogP contribution in [0.2, 0.25) is 5.02 Å². The standard InChI is InChI=1S/C21H18ClN5O2/c1-26-12-11-23-19(26)17(13-7-9-14(22)10-8-13)24-20(28)18-15-5-3-4-6-16(15)21(29)27(2)25-18/h3-12,17H,1-2H3,(H,24,28)/t17-/m1/s1. The van der Waals surface area contributed by atoms with Gasteiger partial charge in [-0.15, -0.1) is 0 Å². The molecule has 2 aromatic carbocycles. The quantitative estimate of drug-likeness (QED) is 0.564. The molecule has 29 heavy (non-hydrogen) atoms. The maximum absolute atomic E-state index is 13.2. The second-order valence-corrected chi connectivity index (χ2v) is 7.11. The predicted octanol–water partition coefficient (Wildman–Crippen LogP) is 2.84. The van der Waals surface area contributed by atoms with Crippen molar-refractivity contribution in [3.8, 4) is 0 Å². The van der Waals surface area contributed by atoms with Crippen LogP contribution in [0.25, 0.3) is 10.8 Å². The molecule has 0 bridgehead atoms. The molecule has 0 saturated carbocycles. The summed E-state index contributed by atoms with van der Waals surface area (Å²) in [6.07, 6.45) is 3.48. The zero-order valence-electron chi connectivity index (χ0n) is 15.8. The molecule has 2 heterocycles. The molecule has 0 fully saturated rings. The lowest BCUT2D eigenvalue weighted by atomic mass is 10.1. The van der Waals surface area contributed by atoms with E-state index in [1.54, 1.807) is 42.6 Å². The number of rotatable bonds is 4. The second-order valence-electron chi connectivity index (χ2n) is 6.68. The van der Waals surface area contributed by atoms with Crippen LogP contribution in [0.5, 0.6) is 0 Å². The molecule has 7 nitrogen and oxygen atoms in total. The van der Waals surface area contributed by atoms with Gasteiger partial charge in [-0.3, -0.25) is 9.59 Å². The number of benzene rings is 2. The van der Waals surface area contributed by atoms with E-state index in [0.717, 1.165) is 5.56 Å². The highest BCUT2D eigenvalue weighted by Crippen LogP contribution is 2.23. The van der Waals surface area contributed by atoms with Gasteiger partial charge in [0.25, 0.3) is 11.5 Å². The summed E-state index contributed by atoms with van der Waals surface area (Å²) in [5.41, 5.74) is 0.748. The fourth-order valence-electron chi connectivity index (χ4n) is 3.27. The Kier molecular flexibility index (Phi) is 4.90. The van der Waals surface area contributed by atoms with Gasteiger partial charge in [-0.1, -0.05) is 41.9 Å². The Morgan fingerprint density at radius 3 is 2.41 bits per heavy atom. The van der Waals surface area contributed by atoms with Crippen LogP contribution in [0.1, 0.15) is 27.9 Å². The van der Waals surface area contributed by atoms with Crippen LogP contribution in [0, 0.1) is 0 Å². The summed E-state index contributed by atoms with van der Waals surface area (Å²) in [6.45, 7) is 0. The molecular weight excluding hydrogens is 390 g/mol. The largest absolute Gasteiger partial charge is 0.337 e. The first-order valence-electron chi connectivity index (χ1n) is 8.95. The van der Waals surface area contributed by atoms with Crippen molar-refractivity contribution in [1.82, 2.24) is 24.6 Å². The molecule has 1 N–H and O–H groups in total. The van der Waals surface area contributed by atoms with Gasteiger partial charge in [-0.2, -0.15) is 5.10 Å². The van der Waals surface area contributed by atoms with Gasteiger partial charge >= 0.3 is 0 Å². The Balaban J connectivity index is 1.79. The van der Waals surface area contributed by atoms with Gasteiger partial charge in [0.05, 0.1) is 5.39 Å². The van der Waals surface area contributed by atoms with Gasteiger partial charge in [-0.25, -0.2) is 9.67 Å². The van der Waals surface area contributed by atoms with Gasteiger partial charge in [0.1, 0.15) is 11.9 Å². The van der Waals surface area contributed by atoms with E-state index >= 15 is 0 Å². The number of imidazole rings is 1. The summed E-state index contributed by atoms with van der Waals surface area (Å²) < 4.78 is 3.02. The molecule has 146 valence electrons. The average Bonchev–Trinajstić information content (AvgIpc) is 3.15.